The fourth-order valence-electron chi connectivity index (χ4n) is 2.95. The molecule has 1 heterocycles. The number of anilines is 1. The predicted octanol–water partition coefficient (Wildman–Crippen LogP) is 4.59. The van der Waals surface area contributed by atoms with E-state index in [1.165, 1.54) is 25.7 Å². The number of carbonyl (C=O) groups excluding carboxylic acids is 2. The molecule has 0 spiro atoms. The Morgan fingerprint density at radius 2 is 1.67 bits per heavy atom. The van der Waals surface area contributed by atoms with E-state index >= 15 is 0 Å². The number of rotatable bonds is 12. The molecule has 2 aromatic rings. The summed E-state index contributed by atoms with van der Waals surface area (Å²) in [5, 5.41) is 5.63. The minimum Gasteiger partial charge on any atom is -0.441 e. The number of hydrogen-bond acceptors (Lipinski definition) is 4. The highest BCUT2D eigenvalue weighted by molar-refractivity contribution is 6.05. The number of furan rings is 1. The molecule has 0 bridgehead atoms. The molecular formula is C24H33N3O3. The van der Waals surface area contributed by atoms with E-state index < -0.39 is 0 Å². The van der Waals surface area contributed by atoms with Crippen molar-refractivity contribution in [2.24, 2.45) is 0 Å². The van der Waals surface area contributed by atoms with Crippen molar-refractivity contribution < 1.29 is 14.0 Å². The molecule has 1 aromatic heterocycles. The van der Waals surface area contributed by atoms with Crippen LogP contribution in [0.3, 0.4) is 0 Å². The van der Waals surface area contributed by atoms with Crippen LogP contribution in [0.25, 0.3) is 6.08 Å². The molecular weight excluding hydrogens is 378 g/mol. The van der Waals surface area contributed by atoms with E-state index in [-0.39, 0.29) is 17.5 Å². The van der Waals surface area contributed by atoms with Crippen LogP contribution in [0.5, 0.6) is 0 Å². The second-order valence-corrected chi connectivity index (χ2v) is 7.47. The number of unbranched alkanes of at least 4 members (excludes halogenated alkanes) is 5. The van der Waals surface area contributed by atoms with Crippen LogP contribution in [0.1, 0.15) is 61.6 Å². The normalized spacial score (nSPS) is 11.2. The summed E-state index contributed by atoms with van der Waals surface area (Å²) in [6, 6.07) is 12.4. The maximum atomic E-state index is 12.7. The summed E-state index contributed by atoms with van der Waals surface area (Å²) in [6.45, 7) is 2.77. The number of amides is 2. The van der Waals surface area contributed by atoms with Gasteiger partial charge in [-0.1, -0.05) is 57.2 Å². The second kappa shape index (κ2) is 12.5. The van der Waals surface area contributed by atoms with Crippen LogP contribution in [0.2, 0.25) is 0 Å². The van der Waals surface area contributed by atoms with Crippen molar-refractivity contribution in [1.29, 1.82) is 0 Å². The number of carbonyl (C=O) groups is 2. The van der Waals surface area contributed by atoms with Crippen LogP contribution < -0.4 is 15.5 Å². The molecule has 0 aliphatic heterocycles. The SMILES string of the molecule is CCCCCCCCNC(=O)/C(=C/c1ccc(N(C)C)o1)NC(=O)c1ccccc1. The fourth-order valence-corrected chi connectivity index (χ4v) is 2.95. The molecule has 162 valence electrons. The number of benzene rings is 1. The van der Waals surface area contributed by atoms with Crippen LogP contribution in [0.4, 0.5) is 5.88 Å². The molecule has 0 aliphatic carbocycles. The summed E-state index contributed by atoms with van der Waals surface area (Å²) >= 11 is 0. The van der Waals surface area contributed by atoms with Gasteiger partial charge < -0.3 is 20.0 Å². The molecule has 0 saturated carbocycles. The Bertz CT molecular complexity index is 825. The van der Waals surface area contributed by atoms with Gasteiger partial charge in [0.2, 0.25) is 0 Å². The molecule has 0 aliphatic rings. The van der Waals surface area contributed by atoms with Crippen molar-refractivity contribution in [3.63, 3.8) is 0 Å². The van der Waals surface area contributed by atoms with E-state index in [0.717, 1.165) is 12.8 Å². The van der Waals surface area contributed by atoms with Crippen LogP contribution in [-0.4, -0.2) is 32.5 Å². The standard InChI is InChI=1S/C24H33N3O3/c1-4-5-6-7-8-12-17-25-24(29)21(18-20-15-16-22(30-20)27(2)3)26-23(28)19-13-10-9-11-14-19/h9-11,13-16,18H,4-8,12,17H2,1-3H3,(H,25,29)(H,26,28)/b21-18-. The van der Waals surface area contributed by atoms with E-state index in [4.69, 9.17) is 4.42 Å². The van der Waals surface area contributed by atoms with Gasteiger partial charge in [-0.15, -0.1) is 0 Å². The molecule has 0 saturated heterocycles. The zero-order valence-electron chi connectivity index (χ0n) is 18.2. The number of hydrogen-bond donors (Lipinski definition) is 2. The molecule has 0 unspecified atom stereocenters. The van der Waals surface area contributed by atoms with Gasteiger partial charge in [-0.2, -0.15) is 0 Å². The Morgan fingerprint density at radius 3 is 2.33 bits per heavy atom. The molecule has 6 nitrogen and oxygen atoms in total. The molecule has 2 N–H and O–H groups in total. The van der Waals surface area contributed by atoms with Crippen molar-refractivity contribution in [2.45, 2.75) is 45.4 Å². The lowest BCUT2D eigenvalue weighted by Gasteiger charge is -2.11. The number of nitrogens with one attached hydrogen (secondary N) is 2. The third-order valence-electron chi connectivity index (χ3n) is 4.68. The fraction of sp³-hybridized carbons (Fsp3) is 0.417. The van der Waals surface area contributed by atoms with E-state index in [1.807, 2.05) is 31.1 Å². The van der Waals surface area contributed by atoms with Crippen LogP contribution in [0.15, 0.2) is 52.6 Å². The summed E-state index contributed by atoms with van der Waals surface area (Å²) in [6.07, 6.45) is 8.44. The van der Waals surface area contributed by atoms with Gasteiger partial charge >= 0.3 is 0 Å². The Hall–Kier alpha value is -3.02. The summed E-state index contributed by atoms with van der Waals surface area (Å²) in [7, 11) is 3.75. The smallest absolute Gasteiger partial charge is 0.267 e. The van der Waals surface area contributed by atoms with Gasteiger partial charge in [-0.3, -0.25) is 9.59 Å². The Morgan fingerprint density at radius 1 is 0.967 bits per heavy atom. The summed E-state index contributed by atoms with van der Waals surface area (Å²) in [5.74, 6) is 0.505. The molecule has 2 amide bonds. The third kappa shape index (κ3) is 7.78. The van der Waals surface area contributed by atoms with Crippen molar-refractivity contribution in [1.82, 2.24) is 10.6 Å². The lowest BCUT2D eigenvalue weighted by molar-refractivity contribution is -0.117. The maximum absolute atomic E-state index is 12.7. The van der Waals surface area contributed by atoms with Crippen molar-refractivity contribution in [3.05, 3.63) is 59.5 Å². The topological polar surface area (TPSA) is 74.6 Å². The van der Waals surface area contributed by atoms with Crippen LogP contribution >= 0.6 is 0 Å². The minimum absolute atomic E-state index is 0.162. The summed E-state index contributed by atoms with van der Waals surface area (Å²) in [4.78, 5) is 27.1. The van der Waals surface area contributed by atoms with Crippen molar-refractivity contribution in [3.8, 4) is 0 Å². The minimum atomic E-state index is -0.337. The molecule has 0 fully saturated rings. The lowest BCUT2D eigenvalue weighted by Crippen LogP contribution is -2.35. The first-order chi connectivity index (χ1) is 14.5. The second-order valence-electron chi connectivity index (χ2n) is 7.47. The maximum Gasteiger partial charge on any atom is 0.267 e. The van der Waals surface area contributed by atoms with Crippen molar-refractivity contribution in [2.75, 3.05) is 25.5 Å². The highest BCUT2D eigenvalue weighted by Crippen LogP contribution is 2.18. The number of nitrogens with zero attached hydrogens (tertiary/aromatic N) is 1. The molecule has 2 rings (SSSR count). The lowest BCUT2D eigenvalue weighted by atomic mass is 10.1. The largest absolute Gasteiger partial charge is 0.441 e. The van der Waals surface area contributed by atoms with Gasteiger partial charge in [-0.25, -0.2) is 0 Å². The first-order valence-electron chi connectivity index (χ1n) is 10.6. The first kappa shape index (κ1) is 23.3. The summed E-state index contributed by atoms with van der Waals surface area (Å²) < 4.78 is 5.71. The van der Waals surface area contributed by atoms with E-state index in [0.29, 0.717) is 23.8 Å². The monoisotopic (exact) mass is 411 g/mol. The van der Waals surface area contributed by atoms with Crippen molar-refractivity contribution >= 4 is 23.8 Å². The average molecular weight is 412 g/mol. The van der Waals surface area contributed by atoms with Gasteiger partial charge in [-0.05, 0) is 24.6 Å². The Labute approximate surface area is 179 Å². The Balaban J connectivity index is 2.03. The third-order valence-corrected chi connectivity index (χ3v) is 4.68. The molecule has 1 aromatic carbocycles. The van der Waals surface area contributed by atoms with E-state index in [9.17, 15) is 9.59 Å². The molecule has 0 atom stereocenters. The van der Waals surface area contributed by atoms with E-state index in [2.05, 4.69) is 17.6 Å². The van der Waals surface area contributed by atoms with Crippen LogP contribution in [-0.2, 0) is 4.79 Å². The first-order valence-corrected chi connectivity index (χ1v) is 10.6. The molecule has 6 heteroatoms. The van der Waals surface area contributed by atoms with Crippen LogP contribution in [0, 0.1) is 0 Å². The highest BCUT2D eigenvalue weighted by Gasteiger charge is 2.15. The zero-order chi connectivity index (χ0) is 21.8. The quantitative estimate of drug-likeness (QED) is 0.396. The molecule has 0 radical (unpaired) electrons. The van der Waals surface area contributed by atoms with Gasteiger partial charge in [0, 0.05) is 38.3 Å². The predicted molar refractivity (Wildman–Crippen MR) is 121 cm³/mol. The zero-order valence-corrected chi connectivity index (χ0v) is 18.2. The van der Waals surface area contributed by atoms with Gasteiger partial charge in [0.1, 0.15) is 11.5 Å². The summed E-state index contributed by atoms with van der Waals surface area (Å²) in [5.41, 5.74) is 0.648. The Kier molecular flexibility index (Phi) is 9.71. The average Bonchev–Trinajstić information content (AvgIpc) is 3.22. The van der Waals surface area contributed by atoms with Gasteiger partial charge in [0.05, 0.1) is 0 Å². The van der Waals surface area contributed by atoms with Gasteiger partial charge in [0.25, 0.3) is 11.8 Å². The van der Waals surface area contributed by atoms with Gasteiger partial charge in [0.15, 0.2) is 5.88 Å². The molecule has 30 heavy (non-hydrogen) atoms. The van der Waals surface area contributed by atoms with E-state index in [1.54, 1.807) is 36.4 Å². The highest BCUT2D eigenvalue weighted by atomic mass is 16.4.